The average Bonchev–Trinajstić information content (AvgIpc) is 2.89. The first kappa shape index (κ1) is 11.1. The maximum atomic E-state index is 5.23. The lowest BCUT2D eigenvalue weighted by Crippen LogP contribution is -1.94. The Morgan fingerprint density at radius 2 is 1.94 bits per heavy atom. The van der Waals surface area contributed by atoms with Gasteiger partial charge in [-0.05, 0) is 18.2 Å². The molecule has 0 aliphatic carbocycles. The van der Waals surface area contributed by atoms with Crippen LogP contribution in [0.2, 0.25) is 0 Å². The predicted octanol–water partition coefficient (Wildman–Crippen LogP) is 1.18. The molecule has 0 saturated carbocycles. The van der Waals surface area contributed by atoms with Crippen LogP contribution < -0.4 is 9.47 Å². The van der Waals surface area contributed by atoms with Crippen LogP contribution in [0.1, 0.15) is 5.56 Å². The molecule has 0 amide bonds. The fourth-order valence-corrected chi connectivity index (χ4v) is 1.32. The van der Waals surface area contributed by atoms with Crippen molar-refractivity contribution < 1.29 is 9.47 Å². The van der Waals surface area contributed by atoms with E-state index in [0.29, 0.717) is 0 Å². The molecule has 1 heterocycles. The van der Waals surface area contributed by atoms with Gasteiger partial charge in [0.1, 0.15) is 24.2 Å². The first-order chi connectivity index (χ1) is 8.33. The second kappa shape index (κ2) is 5.11. The third-order valence-corrected chi connectivity index (χ3v) is 2.17. The molecule has 17 heavy (non-hydrogen) atoms. The molecule has 0 N–H and O–H groups in total. The zero-order chi connectivity index (χ0) is 12.1. The normalized spacial score (nSPS) is 10.7. The Kier molecular flexibility index (Phi) is 3.34. The molecule has 2 rings (SSSR count). The van der Waals surface area contributed by atoms with Gasteiger partial charge >= 0.3 is 0 Å². The number of hydrogen-bond acceptors (Lipinski definition) is 5. The van der Waals surface area contributed by atoms with Crippen LogP contribution in [0.15, 0.2) is 36.0 Å². The Bertz CT molecular complexity index is 508. The van der Waals surface area contributed by atoms with Crippen LogP contribution >= 0.6 is 0 Å². The zero-order valence-corrected chi connectivity index (χ0v) is 9.57. The maximum absolute atomic E-state index is 5.23. The van der Waals surface area contributed by atoms with E-state index in [4.69, 9.17) is 9.47 Å². The summed E-state index contributed by atoms with van der Waals surface area (Å²) in [5, 5.41) is 11.5. The summed E-state index contributed by atoms with van der Waals surface area (Å²) in [6.45, 7) is 0. The molecule has 88 valence electrons. The van der Waals surface area contributed by atoms with Gasteiger partial charge in [-0.25, -0.2) is 4.68 Å². The quantitative estimate of drug-likeness (QED) is 0.742. The maximum Gasteiger partial charge on any atom is 0.141 e. The molecular formula is C11H12N4O2. The standard InChI is InChI=1S/C11H12N4O2/c1-16-10-3-4-11(17-2)9(5-10)6-14-15-7-12-13-8-15/h3-8H,1-2H3/b14-6+. The molecule has 0 bridgehead atoms. The zero-order valence-electron chi connectivity index (χ0n) is 9.57. The fraction of sp³-hybridized carbons (Fsp3) is 0.182. The predicted molar refractivity (Wildman–Crippen MR) is 62.6 cm³/mol. The van der Waals surface area contributed by atoms with E-state index in [1.54, 1.807) is 20.4 Å². The topological polar surface area (TPSA) is 61.5 Å². The molecule has 6 nitrogen and oxygen atoms in total. The van der Waals surface area contributed by atoms with Gasteiger partial charge in [0.2, 0.25) is 0 Å². The van der Waals surface area contributed by atoms with Crippen LogP contribution in [0.4, 0.5) is 0 Å². The Morgan fingerprint density at radius 3 is 2.59 bits per heavy atom. The van der Waals surface area contributed by atoms with Crippen molar-refractivity contribution in [3.05, 3.63) is 36.4 Å². The van der Waals surface area contributed by atoms with Crippen molar-refractivity contribution in [2.75, 3.05) is 14.2 Å². The summed E-state index contributed by atoms with van der Waals surface area (Å²) in [7, 11) is 3.22. The van der Waals surface area contributed by atoms with Crippen molar-refractivity contribution in [3.63, 3.8) is 0 Å². The Morgan fingerprint density at radius 1 is 1.18 bits per heavy atom. The van der Waals surface area contributed by atoms with Crippen LogP contribution in [0.25, 0.3) is 0 Å². The summed E-state index contributed by atoms with van der Waals surface area (Å²) in [5.41, 5.74) is 0.820. The minimum Gasteiger partial charge on any atom is -0.497 e. The summed E-state index contributed by atoms with van der Waals surface area (Å²) in [6, 6.07) is 5.49. The number of aromatic nitrogens is 3. The lowest BCUT2D eigenvalue weighted by Gasteiger charge is -2.06. The highest BCUT2D eigenvalue weighted by Gasteiger charge is 2.02. The first-order valence-corrected chi connectivity index (χ1v) is 4.94. The lowest BCUT2D eigenvalue weighted by atomic mass is 10.2. The van der Waals surface area contributed by atoms with Crippen molar-refractivity contribution in [3.8, 4) is 11.5 Å². The molecule has 0 radical (unpaired) electrons. The first-order valence-electron chi connectivity index (χ1n) is 4.94. The number of nitrogens with zero attached hydrogens (tertiary/aromatic N) is 4. The number of ether oxygens (including phenoxy) is 2. The molecule has 0 atom stereocenters. The van der Waals surface area contributed by atoms with Gasteiger partial charge in [0.15, 0.2) is 0 Å². The van der Waals surface area contributed by atoms with Crippen molar-refractivity contribution in [1.29, 1.82) is 0 Å². The van der Waals surface area contributed by atoms with Gasteiger partial charge < -0.3 is 9.47 Å². The van der Waals surface area contributed by atoms with Crippen LogP contribution in [0, 0.1) is 0 Å². The van der Waals surface area contributed by atoms with E-state index in [9.17, 15) is 0 Å². The molecule has 0 saturated heterocycles. The van der Waals surface area contributed by atoms with E-state index in [1.165, 1.54) is 17.3 Å². The minimum absolute atomic E-state index is 0.725. The highest BCUT2D eigenvalue weighted by molar-refractivity contribution is 5.84. The van der Waals surface area contributed by atoms with Gasteiger partial charge in [0.05, 0.1) is 20.4 Å². The van der Waals surface area contributed by atoms with E-state index >= 15 is 0 Å². The molecule has 0 aliphatic heterocycles. The largest absolute Gasteiger partial charge is 0.497 e. The van der Waals surface area contributed by atoms with Gasteiger partial charge in [-0.15, -0.1) is 10.2 Å². The van der Waals surface area contributed by atoms with E-state index in [-0.39, 0.29) is 0 Å². The Balaban J connectivity index is 2.29. The smallest absolute Gasteiger partial charge is 0.141 e. The van der Waals surface area contributed by atoms with Gasteiger partial charge in [-0.3, -0.25) is 0 Å². The van der Waals surface area contributed by atoms with E-state index in [1.807, 2.05) is 18.2 Å². The fourth-order valence-electron chi connectivity index (χ4n) is 1.32. The summed E-state index contributed by atoms with van der Waals surface area (Å²) in [5.74, 6) is 1.47. The number of methoxy groups -OCH3 is 2. The SMILES string of the molecule is COc1ccc(OC)c(/C=N/n2cnnc2)c1. The minimum atomic E-state index is 0.725. The molecule has 0 aliphatic rings. The number of benzene rings is 1. The molecular weight excluding hydrogens is 220 g/mol. The number of rotatable bonds is 4. The summed E-state index contributed by atoms with van der Waals surface area (Å²) in [4.78, 5) is 0. The number of hydrogen-bond donors (Lipinski definition) is 0. The monoisotopic (exact) mass is 232 g/mol. The van der Waals surface area contributed by atoms with Crippen molar-refractivity contribution in [2.45, 2.75) is 0 Å². The van der Waals surface area contributed by atoms with Crippen molar-refractivity contribution in [2.24, 2.45) is 5.10 Å². The van der Waals surface area contributed by atoms with Crippen molar-refractivity contribution >= 4 is 6.21 Å². The Labute approximate surface area is 98.5 Å². The second-order valence-corrected chi connectivity index (χ2v) is 3.19. The lowest BCUT2D eigenvalue weighted by molar-refractivity contribution is 0.402. The van der Waals surface area contributed by atoms with Gasteiger partial charge in [0, 0.05) is 5.56 Å². The van der Waals surface area contributed by atoms with E-state index in [2.05, 4.69) is 15.3 Å². The van der Waals surface area contributed by atoms with Crippen LogP contribution in [-0.2, 0) is 0 Å². The van der Waals surface area contributed by atoms with Crippen LogP contribution in [-0.4, -0.2) is 35.3 Å². The molecule has 0 unspecified atom stereocenters. The van der Waals surface area contributed by atoms with Crippen LogP contribution in [0.3, 0.4) is 0 Å². The molecule has 1 aromatic carbocycles. The van der Waals surface area contributed by atoms with Crippen molar-refractivity contribution in [1.82, 2.24) is 14.9 Å². The van der Waals surface area contributed by atoms with Crippen LogP contribution in [0.5, 0.6) is 11.5 Å². The molecule has 1 aromatic heterocycles. The molecule has 6 heteroatoms. The summed E-state index contributed by atoms with van der Waals surface area (Å²) >= 11 is 0. The van der Waals surface area contributed by atoms with Gasteiger partial charge in [-0.1, -0.05) is 0 Å². The summed E-state index contributed by atoms with van der Waals surface area (Å²) < 4.78 is 11.9. The summed E-state index contributed by atoms with van der Waals surface area (Å²) in [6.07, 6.45) is 4.66. The van der Waals surface area contributed by atoms with E-state index < -0.39 is 0 Å². The van der Waals surface area contributed by atoms with Gasteiger partial charge in [-0.2, -0.15) is 5.10 Å². The third kappa shape index (κ3) is 2.60. The van der Waals surface area contributed by atoms with E-state index in [0.717, 1.165) is 17.1 Å². The molecule has 0 spiro atoms. The average molecular weight is 232 g/mol. The highest BCUT2D eigenvalue weighted by Crippen LogP contribution is 2.22. The molecule has 0 fully saturated rings. The third-order valence-electron chi connectivity index (χ3n) is 2.17. The molecule has 2 aromatic rings. The Hall–Kier alpha value is -2.37. The second-order valence-electron chi connectivity index (χ2n) is 3.19. The van der Waals surface area contributed by atoms with Gasteiger partial charge in [0.25, 0.3) is 0 Å². The highest BCUT2D eigenvalue weighted by atomic mass is 16.5.